The van der Waals surface area contributed by atoms with Crippen LogP contribution < -0.4 is 0 Å². The molecule has 0 saturated carbocycles. The Kier molecular flexibility index (Phi) is 1.49. The number of fused-ring (bicyclic) bond motifs is 3. The number of benzene rings is 1. The zero-order valence-electron chi connectivity index (χ0n) is 7.16. The number of rotatable bonds is 0. The van der Waals surface area contributed by atoms with E-state index in [9.17, 15) is 0 Å². The average molecular weight is 187 g/mol. The van der Waals surface area contributed by atoms with Crippen LogP contribution in [-0.2, 0) is 12.8 Å². The SMILES string of the molecule is c1ccc2c(c1)CCc1ncsc1-2. The maximum Gasteiger partial charge on any atom is 0.0801 e. The van der Waals surface area contributed by atoms with Crippen molar-refractivity contribution in [3.05, 3.63) is 41.0 Å². The van der Waals surface area contributed by atoms with Gasteiger partial charge in [0.1, 0.15) is 0 Å². The van der Waals surface area contributed by atoms with Gasteiger partial charge in [-0.1, -0.05) is 24.3 Å². The number of thiazole rings is 1. The standard InChI is InChI=1S/C11H9NS/c1-2-4-9-8(3-1)5-6-10-11(9)13-7-12-10/h1-4,7H,5-6H2. The van der Waals surface area contributed by atoms with E-state index in [0.717, 1.165) is 12.8 Å². The molecule has 1 aliphatic rings. The van der Waals surface area contributed by atoms with Crippen LogP contribution in [0.15, 0.2) is 29.8 Å². The minimum atomic E-state index is 1.11. The van der Waals surface area contributed by atoms with E-state index in [0.29, 0.717) is 0 Å². The van der Waals surface area contributed by atoms with Crippen molar-refractivity contribution in [2.45, 2.75) is 12.8 Å². The summed E-state index contributed by atoms with van der Waals surface area (Å²) in [5.74, 6) is 0. The highest BCUT2D eigenvalue weighted by Crippen LogP contribution is 2.35. The summed E-state index contributed by atoms with van der Waals surface area (Å²) in [6.07, 6.45) is 2.25. The molecular weight excluding hydrogens is 178 g/mol. The lowest BCUT2D eigenvalue weighted by Crippen LogP contribution is -2.01. The Bertz CT molecular complexity index is 445. The van der Waals surface area contributed by atoms with Gasteiger partial charge in [-0.25, -0.2) is 4.98 Å². The Morgan fingerprint density at radius 1 is 1.15 bits per heavy atom. The molecule has 0 radical (unpaired) electrons. The highest BCUT2D eigenvalue weighted by Gasteiger charge is 2.16. The molecule has 0 bridgehead atoms. The number of aryl methyl sites for hydroxylation is 2. The molecule has 1 nitrogen and oxygen atoms in total. The van der Waals surface area contributed by atoms with E-state index in [1.54, 1.807) is 11.3 Å². The average Bonchev–Trinajstić information content (AvgIpc) is 2.65. The molecule has 1 aromatic carbocycles. The van der Waals surface area contributed by atoms with Crippen LogP contribution >= 0.6 is 11.3 Å². The van der Waals surface area contributed by atoms with Crippen molar-refractivity contribution in [3.8, 4) is 10.4 Å². The van der Waals surface area contributed by atoms with Gasteiger partial charge in [0.15, 0.2) is 0 Å². The molecule has 1 aliphatic carbocycles. The van der Waals surface area contributed by atoms with Gasteiger partial charge in [0, 0.05) is 0 Å². The van der Waals surface area contributed by atoms with Gasteiger partial charge in [-0.05, 0) is 24.0 Å². The lowest BCUT2D eigenvalue weighted by Gasteiger charge is -2.14. The van der Waals surface area contributed by atoms with Gasteiger partial charge < -0.3 is 0 Å². The number of nitrogens with zero attached hydrogens (tertiary/aromatic N) is 1. The van der Waals surface area contributed by atoms with Crippen LogP contribution in [0.25, 0.3) is 10.4 Å². The third-order valence-electron chi connectivity index (χ3n) is 2.53. The van der Waals surface area contributed by atoms with Crippen molar-refractivity contribution in [2.75, 3.05) is 0 Å². The largest absolute Gasteiger partial charge is 0.249 e. The van der Waals surface area contributed by atoms with Crippen molar-refractivity contribution in [1.82, 2.24) is 4.98 Å². The van der Waals surface area contributed by atoms with Crippen molar-refractivity contribution >= 4 is 11.3 Å². The summed E-state index contributed by atoms with van der Waals surface area (Å²) in [4.78, 5) is 5.75. The zero-order valence-corrected chi connectivity index (χ0v) is 7.97. The highest BCUT2D eigenvalue weighted by molar-refractivity contribution is 7.13. The third-order valence-corrected chi connectivity index (χ3v) is 3.44. The quantitative estimate of drug-likeness (QED) is 0.618. The van der Waals surface area contributed by atoms with Crippen molar-refractivity contribution < 1.29 is 0 Å². The van der Waals surface area contributed by atoms with Crippen LogP contribution in [0.1, 0.15) is 11.3 Å². The van der Waals surface area contributed by atoms with E-state index in [-0.39, 0.29) is 0 Å². The minimum absolute atomic E-state index is 1.11. The van der Waals surface area contributed by atoms with Gasteiger partial charge in [0.2, 0.25) is 0 Å². The van der Waals surface area contributed by atoms with Gasteiger partial charge in [0.25, 0.3) is 0 Å². The Morgan fingerprint density at radius 3 is 3.08 bits per heavy atom. The van der Waals surface area contributed by atoms with Crippen LogP contribution in [-0.4, -0.2) is 4.98 Å². The topological polar surface area (TPSA) is 12.9 Å². The lowest BCUT2D eigenvalue weighted by atomic mass is 9.94. The van der Waals surface area contributed by atoms with Crippen LogP contribution in [0.2, 0.25) is 0 Å². The molecule has 1 aromatic heterocycles. The van der Waals surface area contributed by atoms with Crippen LogP contribution in [0, 0.1) is 0 Å². The smallest absolute Gasteiger partial charge is 0.0801 e. The van der Waals surface area contributed by atoms with Gasteiger partial charge in [-0.2, -0.15) is 0 Å². The molecule has 0 fully saturated rings. The van der Waals surface area contributed by atoms with E-state index in [2.05, 4.69) is 29.2 Å². The van der Waals surface area contributed by atoms with Crippen LogP contribution in [0.3, 0.4) is 0 Å². The van der Waals surface area contributed by atoms with Gasteiger partial charge in [-0.15, -0.1) is 11.3 Å². The molecule has 0 atom stereocenters. The fourth-order valence-electron chi connectivity index (χ4n) is 1.88. The van der Waals surface area contributed by atoms with E-state index in [4.69, 9.17) is 0 Å². The fraction of sp³-hybridized carbons (Fsp3) is 0.182. The molecule has 2 aromatic rings. The van der Waals surface area contributed by atoms with Crippen molar-refractivity contribution in [1.29, 1.82) is 0 Å². The van der Waals surface area contributed by atoms with E-state index in [1.165, 1.54) is 21.7 Å². The molecule has 0 unspecified atom stereocenters. The molecule has 0 amide bonds. The summed E-state index contributed by atoms with van der Waals surface area (Å²) in [6.45, 7) is 0. The molecular formula is C11H9NS. The number of hydrogen-bond donors (Lipinski definition) is 0. The first-order chi connectivity index (χ1) is 6.45. The second-order valence-electron chi connectivity index (χ2n) is 3.29. The number of aromatic nitrogens is 1. The Hall–Kier alpha value is -1.15. The molecule has 0 aliphatic heterocycles. The van der Waals surface area contributed by atoms with Crippen LogP contribution in [0.4, 0.5) is 0 Å². The Morgan fingerprint density at radius 2 is 2.08 bits per heavy atom. The summed E-state index contributed by atoms with van der Waals surface area (Å²) in [5.41, 5.74) is 6.10. The highest BCUT2D eigenvalue weighted by atomic mass is 32.1. The Labute approximate surface area is 81.1 Å². The summed E-state index contributed by atoms with van der Waals surface area (Å²) in [5, 5.41) is 0. The molecule has 13 heavy (non-hydrogen) atoms. The summed E-state index contributed by atoms with van der Waals surface area (Å²) in [7, 11) is 0. The monoisotopic (exact) mass is 187 g/mol. The van der Waals surface area contributed by atoms with Gasteiger partial charge in [0.05, 0.1) is 16.1 Å². The first kappa shape index (κ1) is 7.27. The zero-order chi connectivity index (χ0) is 8.67. The summed E-state index contributed by atoms with van der Waals surface area (Å²) < 4.78 is 0. The molecule has 0 saturated heterocycles. The minimum Gasteiger partial charge on any atom is -0.249 e. The molecule has 2 heteroatoms. The van der Waals surface area contributed by atoms with E-state index in [1.807, 2.05) is 5.51 Å². The molecule has 0 N–H and O–H groups in total. The van der Waals surface area contributed by atoms with E-state index >= 15 is 0 Å². The summed E-state index contributed by atoms with van der Waals surface area (Å²) >= 11 is 1.76. The molecule has 0 spiro atoms. The molecule has 3 rings (SSSR count). The van der Waals surface area contributed by atoms with Gasteiger partial charge in [-0.3, -0.25) is 0 Å². The van der Waals surface area contributed by atoms with E-state index < -0.39 is 0 Å². The first-order valence-corrected chi connectivity index (χ1v) is 5.34. The second-order valence-corrected chi connectivity index (χ2v) is 4.14. The van der Waals surface area contributed by atoms with Crippen LogP contribution in [0.5, 0.6) is 0 Å². The molecule has 1 heterocycles. The maximum atomic E-state index is 4.37. The first-order valence-electron chi connectivity index (χ1n) is 4.46. The predicted octanol–water partition coefficient (Wildman–Crippen LogP) is 2.91. The third kappa shape index (κ3) is 1.02. The fourth-order valence-corrected chi connectivity index (χ4v) is 2.78. The molecule has 64 valence electrons. The predicted molar refractivity (Wildman–Crippen MR) is 55.0 cm³/mol. The van der Waals surface area contributed by atoms with Crippen molar-refractivity contribution in [3.63, 3.8) is 0 Å². The van der Waals surface area contributed by atoms with Crippen molar-refractivity contribution in [2.24, 2.45) is 0 Å². The lowest BCUT2D eigenvalue weighted by molar-refractivity contribution is 0.910. The number of hydrogen-bond acceptors (Lipinski definition) is 2. The maximum absolute atomic E-state index is 4.37. The van der Waals surface area contributed by atoms with Gasteiger partial charge >= 0.3 is 0 Å². The Balaban J connectivity index is 2.30. The summed E-state index contributed by atoms with van der Waals surface area (Å²) in [6, 6.07) is 8.64. The second kappa shape index (κ2) is 2.67. The normalized spacial score (nSPS) is 13.5.